The molecular weight excluding hydrogens is 260 g/mol. The highest BCUT2D eigenvalue weighted by atomic mass is 16.5. The number of ether oxygens (including phenoxy) is 1. The Balaban J connectivity index is 2.20. The van der Waals surface area contributed by atoms with Gasteiger partial charge in [0.1, 0.15) is 12.6 Å². The van der Waals surface area contributed by atoms with Crippen LogP contribution in [0.25, 0.3) is 10.4 Å². The van der Waals surface area contributed by atoms with Crippen LogP contribution in [0.2, 0.25) is 0 Å². The van der Waals surface area contributed by atoms with E-state index in [4.69, 9.17) is 10.3 Å². The first-order chi connectivity index (χ1) is 9.69. The smallest absolute Gasteiger partial charge is 0.325 e. The lowest BCUT2D eigenvalue weighted by molar-refractivity contribution is -0.160. The third kappa shape index (κ3) is 2.57. The van der Waals surface area contributed by atoms with E-state index in [1.165, 1.54) is 4.90 Å². The number of hydrogen-bond acceptors (Lipinski definition) is 4. The number of esters is 1. The molecule has 1 aliphatic rings. The van der Waals surface area contributed by atoms with Gasteiger partial charge < -0.3 is 9.64 Å². The van der Waals surface area contributed by atoms with Crippen LogP contribution >= 0.6 is 0 Å². The summed E-state index contributed by atoms with van der Waals surface area (Å²) in [5.41, 5.74) is 9.36. The van der Waals surface area contributed by atoms with Crippen LogP contribution in [0.1, 0.15) is 18.5 Å². The van der Waals surface area contributed by atoms with Gasteiger partial charge in [-0.3, -0.25) is 9.59 Å². The molecule has 0 aromatic heterocycles. The highest BCUT2D eigenvalue weighted by Gasteiger charge is 2.48. The van der Waals surface area contributed by atoms with E-state index in [0.29, 0.717) is 0 Å². The Morgan fingerprint density at radius 3 is 2.75 bits per heavy atom. The van der Waals surface area contributed by atoms with Gasteiger partial charge in [-0.1, -0.05) is 35.4 Å². The Bertz CT molecular complexity index is 554. The molecule has 1 aliphatic heterocycles. The second-order valence-corrected chi connectivity index (χ2v) is 4.28. The van der Waals surface area contributed by atoms with Gasteiger partial charge in [0.05, 0.1) is 12.6 Å². The van der Waals surface area contributed by atoms with Crippen LogP contribution in [0.4, 0.5) is 0 Å². The van der Waals surface area contributed by atoms with Crippen LogP contribution in [0.5, 0.6) is 0 Å². The highest BCUT2D eigenvalue weighted by molar-refractivity contribution is 5.93. The topological polar surface area (TPSA) is 95.4 Å². The summed E-state index contributed by atoms with van der Waals surface area (Å²) in [6, 6.07) is 7.95. The van der Waals surface area contributed by atoms with Crippen molar-refractivity contribution in [2.45, 2.75) is 19.0 Å². The average molecular weight is 274 g/mol. The van der Waals surface area contributed by atoms with Crippen molar-refractivity contribution in [1.29, 1.82) is 0 Å². The zero-order valence-corrected chi connectivity index (χ0v) is 11.0. The van der Waals surface area contributed by atoms with E-state index >= 15 is 0 Å². The maximum Gasteiger partial charge on any atom is 0.325 e. The largest absolute Gasteiger partial charge is 0.465 e. The van der Waals surface area contributed by atoms with E-state index < -0.39 is 18.1 Å². The zero-order chi connectivity index (χ0) is 14.5. The van der Waals surface area contributed by atoms with Gasteiger partial charge >= 0.3 is 5.97 Å². The van der Waals surface area contributed by atoms with Crippen LogP contribution in [0.3, 0.4) is 0 Å². The van der Waals surface area contributed by atoms with Crippen LogP contribution in [-0.4, -0.2) is 36.0 Å². The molecule has 20 heavy (non-hydrogen) atoms. The Morgan fingerprint density at radius 2 is 2.15 bits per heavy atom. The lowest BCUT2D eigenvalue weighted by Crippen LogP contribution is -2.59. The van der Waals surface area contributed by atoms with Gasteiger partial charge in [-0.2, -0.15) is 0 Å². The lowest BCUT2D eigenvalue weighted by atomic mass is 9.89. The summed E-state index contributed by atoms with van der Waals surface area (Å²) < 4.78 is 4.84. The number of benzene rings is 1. The molecule has 7 nitrogen and oxygen atoms in total. The van der Waals surface area contributed by atoms with Gasteiger partial charge in [0.2, 0.25) is 5.91 Å². The van der Waals surface area contributed by atoms with Gasteiger partial charge in [-0.05, 0) is 18.0 Å². The molecule has 0 spiro atoms. The number of hydrogen-bond donors (Lipinski definition) is 0. The third-order valence-corrected chi connectivity index (χ3v) is 3.09. The fourth-order valence-corrected chi connectivity index (χ4v) is 2.23. The van der Waals surface area contributed by atoms with Crippen molar-refractivity contribution in [1.82, 2.24) is 4.90 Å². The third-order valence-electron chi connectivity index (χ3n) is 3.09. The molecule has 0 bridgehead atoms. The molecule has 1 amide bonds. The zero-order valence-electron chi connectivity index (χ0n) is 11.0. The molecule has 1 heterocycles. The first-order valence-corrected chi connectivity index (χ1v) is 6.24. The van der Waals surface area contributed by atoms with Crippen LogP contribution in [0.15, 0.2) is 35.4 Å². The van der Waals surface area contributed by atoms with Crippen molar-refractivity contribution in [3.63, 3.8) is 0 Å². The summed E-state index contributed by atoms with van der Waals surface area (Å²) in [5, 5.41) is 3.51. The van der Waals surface area contributed by atoms with E-state index in [1.807, 2.05) is 30.3 Å². The monoisotopic (exact) mass is 274 g/mol. The summed E-state index contributed by atoms with van der Waals surface area (Å²) in [5.74, 6) is -0.828. The summed E-state index contributed by atoms with van der Waals surface area (Å²) in [4.78, 5) is 27.5. The first kappa shape index (κ1) is 13.9. The molecule has 2 unspecified atom stereocenters. The number of likely N-dealkylation sites (tertiary alicyclic amines) is 1. The molecule has 0 N–H and O–H groups in total. The van der Waals surface area contributed by atoms with Crippen molar-refractivity contribution in [2.75, 3.05) is 13.2 Å². The van der Waals surface area contributed by atoms with Crippen molar-refractivity contribution in [3.8, 4) is 0 Å². The second kappa shape index (κ2) is 6.08. The number of azide groups is 1. The average Bonchev–Trinajstić information content (AvgIpc) is 2.46. The molecule has 0 radical (unpaired) electrons. The van der Waals surface area contributed by atoms with Crippen molar-refractivity contribution in [3.05, 3.63) is 46.3 Å². The summed E-state index contributed by atoms with van der Waals surface area (Å²) in [6.45, 7) is 1.83. The van der Waals surface area contributed by atoms with Crippen LogP contribution < -0.4 is 0 Å². The van der Waals surface area contributed by atoms with Crippen LogP contribution in [0, 0.1) is 0 Å². The van der Waals surface area contributed by atoms with E-state index in [2.05, 4.69) is 10.0 Å². The molecule has 7 heteroatoms. The van der Waals surface area contributed by atoms with E-state index in [0.717, 1.165) is 5.56 Å². The summed E-state index contributed by atoms with van der Waals surface area (Å²) >= 11 is 0. The van der Waals surface area contributed by atoms with Gasteiger partial charge in [0.25, 0.3) is 0 Å². The maximum atomic E-state index is 11.9. The molecule has 2 atom stereocenters. The molecule has 2 rings (SSSR count). The van der Waals surface area contributed by atoms with Crippen molar-refractivity contribution < 1.29 is 14.3 Å². The molecule has 0 saturated carbocycles. The number of rotatable bonds is 5. The Morgan fingerprint density at radius 1 is 1.45 bits per heavy atom. The minimum absolute atomic E-state index is 0.135. The van der Waals surface area contributed by atoms with Gasteiger partial charge in [-0.25, -0.2) is 0 Å². The predicted octanol–water partition coefficient (Wildman–Crippen LogP) is 1.81. The summed E-state index contributed by atoms with van der Waals surface area (Å²) in [6.07, 6.45) is 0. The Kier molecular flexibility index (Phi) is 4.22. The van der Waals surface area contributed by atoms with Gasteiger partial charge in [0.15, 0.2) is 0 Å². The summed E-state index contributed by atoms with van der Waals surface area (Å²) in [7, 11) is 0. The second-order valence-electron chi connectivity index (χ2n) is 4.28. The number of β-lactam (4-membered cyclic amide) rings is 1. The van der Waals surface area contributed by atoms with Crippen molar-refractivity contribution in [2.24, 2.45) is 5.11 Å². The molecule has 1 saturated heterocycles. The lowest BCUT2D eigenvalue weighted by Gasteiger charge is -2.44. The number of amides is 1. The van der Waals surface area contributed by atoms with Gasteiger partial charge in [0, 0.05) is 4.91 Å². The number of carbonyl (C=O) groups is 2. The molecule has 1 fully saturated rings. The SMILES string of the molecule is CCOC(=O)CN1C(=O)C(N=[N+]=[N-])C1c1ccccc1. The minimum Gasteiger partial charge on any atom is -0.465 e. The van der Waals surface area contributed by atoms with Gasteiger partial charge in [-0.15, -0.1) is 0 Å². The Hall–Kier alpha value is -2.53. The quantitative estimate of drug-likeness (QED) is 0.269. The first-order valence-electron chi connectivity index (χ1n) is 6.24. The maximum absolute atomic E-state index is 11.9. The standard InChI is InChI=1S/C13H14N4O3/c1-2-20-10(18)8-17-12(9-6-4-3-5-7-9)11(13(17)19)15-16-14/h3-7,11-12H,2,8H2,1H3. The fourth-order valence-electron chi connectivity index (χ4n) is 2.23. The molecule has 1 aromatic carbocycles. The fraction of sp³-hybridized carbons (Fsp3) is 0.385. The molecular formula is C13H14N4O3. The van der Waals surface area contributed by atoms with Crippen LogP contribution in [-0.2, 0) is 14.3 Å². The molecule has 1 aromatic rings. The molecule has 104 valence electrons. The number of nitrogens with zero attached hydrogens (tertiary/aromatic N) is 4. The van der Waals surface area contributed by atoms with Crippen molar-refractivity contribution >= 4 is 11.9 Å². The van der Waals surface area contributed by atoms with E-state index in [1.54, 1.807) is 6.92 Å². The molecule has 0 aliphatic carbocycles. The predicted molar refractivity (Wildman–Crippen MR) is 70.5 cm³/mol. The Labute approximate surface area is 115 Å². The minimum atomic E-state index is -0.795. The highest BCUT2D eigenvalue weighted by Crippen LogP contribution is 2.36. The number of carbonyl (C=O) groups excluding carboxylic acids is 2. The van der Waals surface area contributed by atoms with E-state index in [-0.39, 0.29) is 19.1 Å². The normalized spacial score (nSPS) is 20.9. The van der Waals surface area contributed by atoms with E-state index in [9.17, 15) is 9.59 Å².